The highest BCUT2D eigenvalue weighted by atomic mass is 35.5. The Morgan fingerprint density at radius 2 is 1.67 bits per heavy atom. The van der Waals surface area contributed by atoms with Gasteiger partial charge in [0.2, 0.25) is 10.0 Å². The van der Waals surface area contributed by atoms with Crippen LogP contribution in [0.3, 0.4) is 0 Å². The second kappa shape index (κ2) is 7.13. The van der Waals surface area contributed by atoms with E-state index in [0.717, 1.165) is 21.8 Å². The topological polar surface area (TPSA) is 40.6 Å². The Bertz CT molecular complexity index is 801. The van der Waals surface area contributed by atoms with Crippen LogP contribution in [0, 0.1) is 6.92 Å². The first-order valence-corrected chi connectivity index (χ1v) is 9.97. The minimum Gasteiger partial charge on any atom is -0.369 e. The molecule has 0 bridgehead atoms. The molecule has 2 aromatic carbocycles. The molecular weight excluding hydrogens is 344 g/mol. The molecule has 128 valence electrons. The molecule has 1 heterocycles. The van der Waals surface area contributed by atoms with Crippen molar-refractivity contribution in [1.29, 1.82) is 0 Å². The highest BCUT2D eigenvalue weighted by molar-refractivity contribution is 7.88. The lowest BCUT2D eigenvalue weighted by Gasteiger charge is -2.36. The lowest BCUT2D eigenvalue weighted by atomic mass is 10.1. The fraction of sp³-hybridized carbons (Fsp3) is 0.333. The lowest BCUT2D eigenvalue weighted by molar-refractivity contribution is 0.384. The van der Waals surface area contributed by atoms with Crippen molar-refractivity contribution in [1.82, 2.24) is 4.31 Å². The lowest BCUT2D eigenvalue weighted by Crippen LogP contribution is -2.49. The van der Waals surface area contributed by atoms with Crippen LogP contribution in [0.15, 0.2) is 48.5 Å². The van der Waals surface area contributed by atoms with E-state index < -0.39 is 10.0 Å². The molecular formula is C18H21ClN2O2S. The van der Waals surface area contributed by atoms with Crippen LogP contribution in [0.2, 0.25) is 5.02 Å². The van der Waals surface area contributed by atoms with Crippen molar-refractivity contribution in [2.75, 3.05) is 31.1 Å². The van der Waals surface area contributed by atoms with Crippen LogP contribution >= 0.6 is 11.6 Å². The first-order chi connectivity index (χ1) is 11.5. The average molecular weight is 365 g/mol. The maximum atomic E-state index is 12.6. The summed E-state index contributed by atoms with van der Waals surface area (Å²) in [5.41, 5.74) is 3.07. The Morgan fingerprint density at radius 3 is 2.29 bits per heavy atom. The fourth-order valence-corrected chi connectivity index (χ4v) is 4.80. The average Bonchev–Trinajstić information content (AvgIpc) is 2.55. The summed E-state index contributed by atoms with van der Waals surface area (Å²) in [5.74, 6) is 0.0633. The molecule has 0 unspecified atom stereocenters. The minimum atomic E-state index is -3.27. The van der Waals surface area contributed by atoms with Crippen LogP contribution in [0.4, 0.5) is 5.69 Å². The Kier molecular flexibility index (Phi) is 5.13. The zero-order valence-electron chi connectivity index (χ0n) is 13.7. The Labute approximate surface area is 148 Å². The van der Waals surface area contributed by atoms with E-state index in [1.54, 1.807) is 4.31 Å². The van der Waals surface area contributed by atoms with Crippen LogP contribution in [-0.2, 0) is 15.8 Å². The van der Waals surface area contributed by atoms with Gasteiger partial charge in [0.1, 0.15) is 0 Å². The smallest absolute Gasteiger partial charge is 0.218 e. The van der Waals surface area contributed by atoms with Crippen molar-refractivity contribution in [3.05, 3.63) is 64.7 Å². The standard InChI is InChI=1S/C18H21ClN2O2S/c1-15-13-17(19)7-8-18(15)20-9-11-21(12-10-20)24(22,23)14-16-5-3-2-4-6-16/h2-8,13H,9-12,14H2,1H3. The van der Waals surface area contributed by atoms with Gasteiger partial charge in [0.25, 0.3) is 0 Å². The third-order valence-electron chi connectivity index (χ3n) is 4.32. The number of aryl methyl sites for hydroxylation is 1. The second-order valence-corrected chi connectivity index (χ2v) is 8.46. The maximum absolute atomic E-state index is 12.6. The molecule has 0 aromatic heterocycles. The molecule has 1 aliphatic rings. The summed E-state index contributed by atoms with van der Waals surface area (Å²) in [7, 11) is -3.27. The monoisotopic (exact) mass is 364 g/mol. The number of benzene rings is 2. The van der Waals surface area contributed by atoms with E-state index in [2.05, 4.69) is 4.90 Å². The van der Waals surface area contributed by atoms with Gasteiger partial charge in [-0.3, -0.25) is 0 Å². The van der Waals surface area contributed by atoms with E-state index in [1.165, 1.54) is 0 Å². The summed E-state index contributed by atoms with van der Waals surface area (Å²) in [6, 6.07) is 15.2. The van der Waals surface area contributed by atoms with Crippen LogP contribution in [0.5, 0.6) is 0 Å². The zero-order chi connectivity index (χ0) is 17.2. The van der Waals surface area contributed by atoms with Gasteiger partial charge in [-0.25, -0.2) is 8.42 Å². The summed E-state index contributed by atoms with van der Waals surface area (Å²) < 4.78 is 26.8. The molecule has 1 saturated heterocycles. The summed E-state index contributed by atoms with van der Waals surface area (Å²) in [6.07, 6.45) is 0. The number of hydrogen-bond donors (Lipinski definition) is 0. The van der Waals surface area contributed by atoms with Crippen molar-refractivity contribution in [3.63, 3.8) is 0 Å². The molecule has 0 radical (unpaired) electrons. The summed E-state index contributed by atoms with van der Waals surface area (Å²) >= 11 is 6.01. The van der Waals surface area contributed by atoms with Gasteiger partial charge in [-0.15, -0.1) is 0 Å². The van der Waals surface area contributed by atoms with Crippen molar-refractivity contribution < 1.29 is 8.42 Å². The Balaban J connectivity index is 1.66. The molecule has 6 heteroatoms. The van der Waals surface area contributed by atoms with Gasteiger partial charge in [-0.05, 0) is 36.2 Å². The van der Waals surface area contributed by atoms with Gasteiger partial charge in [-0.2, -0.15) is 4.31 Å². The van der Waals surface area contributed by atoms with Crippen molar-refractivity contribution >= 4 is 27.3 Å². The van der Waals surface area contributed by atoms with Gasteiger partial charge in [-0.1, -0.05) is 41.9 Å². The largest absolute Gasteiger partial charge is 0.369 e. The molecule has 24 heavy (non-hydrogen) atoms. The van der Waals surface area contributed by atoms with E-state index in [9.17, 15) is 8.42 Å². The van der Waals surface area contributed by atoms with Crippen LogP contribution in [0.1, 0.15) is 11.1 Å². The van der Waals surface area contributed by atoms with Gasteiger partial charge >= 0.3 is 0 Å². The van der Waals surface area contributed by atoms with Crippen molar-refractivity contribution in [3.8, 4) is 0 Å². The predicted molar refractivity (Wildman–Crippen MR) is 99.0 cm³/mol. The number of nitrogens with zero attached hydrogens (tertiary/aromatic N) is 2. The number of anilines is 1. The molecule has 0 N–H and O–H groups in total. The minimum absolute atomic E-state index is 0.0633. The van der Waals surface area contributed by atoms with Crippen LogP contribution in [-0.4, -0.2) is 38.9 Å². The fourth-order valence-electron chi connectivity index (χ4n) is 3.06. The van der Waals surface area contributed by atoms with Gasteiger partial charge < -0.3 is 4.90 Å². The number of sulfonamides is 1. The molecule has 4 nitrogen and oxygen atoms in total. The van der Waals surface area contributed by atoms with Crippen LogP contribution < -0.4 is 4.90 Å². The van der Waals surface area contributed by atoms with Crippen molar-refractivity contribution in [2.24, 2.45) is 0 Å². The number of halogens is 1. The highest BCUT2D eigenvalue weighted by Crippen LogP contribution is 2.25. The molecule has 0 spiro atoms. The zero-order valence-corrected chi connectivity index (χ0v) is 15.2. The SMILES string of the molecule is Cc1cc(Cl)ccc1N1CCN(S(=O)(=O)Cc2ccccc2)CC1. The Hall–Kier alpha value is -1.56. The number of rotatable bonds is 4. The third kappa shape index (κ3) is 3.91. The van der Waals surface area contributed by atoms with Crippen molar-refractivity contribution in [2.45, 2.75) is 12.7 Å². The van der Waals surface area contributed by atoms with E-state index in [0.29, 0.717) is 26.2 Å². The van der Waals surface area contributed by atoms with E-state index in [-0.39, 0.29) is 5.75 Å². The molecule has 0 atom stereocenters. The summed E-state index contributed by atoms with van der Waals surface area (Å²) in [6.45, 7) is 4.43. The molecule has 0 aliphatic carbocycles. The first kappa shape index (κ1) is 17.3. The molecule has 1 aliphatic heterocycles. The predicted octanol–water partition coefficient (Wildman–Crippen LogP) is 3.30. The number of hydrogen-bond acceptors (Lipinski definition) is 3. The maximum Gasteiger partial charge on any atom is 0.218 e. The summed E-state index contributed by atoms with van der Waals surface area (Å²) in [4.78, 5) is 2.22. The number of piperazine rings is 1. The highest BCUT2D eigenvalue weighted by Gasteiger charge is 2.27. The summed E-state index contributed by atoms with van der Waals surface area (Å²) in [5, 5.41) is 0.723. The van der Waals surface area contributed by atoms with E-state index in [1.807, 2.05) is 55.5 Å². The molecule has 3 rings (SSSR count). The van der Waals surface area contributed by atoms with Gasteiger partial charge in [0.15, 0.2) is 0 Å². The van der Waals surface area contributed by atoms with Crippen LogP contribution in [0.25, 0.3) is 0 Å². The molecule has 1 fully saturated rings. The molecule has 0 saturated carbocycles. The molecule has 0 amide bonds. The third-order valence-corrected chi connectivity index (χ3v) is 6.41. The Morgan fingerprint density at radius 1 is 1.00 bits per heavy atom. The first-order valence-electron chi connectivity index (χ1n) is 7.98. The van der Waals surface area contributed by atoms with E-state index >= 15 is 0 Å². The van der Waals surface area contributed by atoms with Gasteiger partial charge in [0.05, 0.1) is 5.75 Å². The second-order valence-electron chi connectivity index (χ2n) is 6.06. The normalized spacial score (nSPS) is 16.3. The van der Waals surface area contributed by atoms with E-state index in [4.69, 9.17) is 11.6 Å². The molecule has 2 aromatic rings. The van der Waals surface area contributed by atoms with Gasteiger partial charge in [0, 0.05) is 36.9 Å². The quantitative estimate of drug-likeness (QED) is 0.835.